The van der Waals surface area contributed by atoms with Crippen molar-refractivity contribution in [2.45, 2.75) is 19.3 Å². The summed E-state index contributed by atoms with van der Waals surface area (Å²) < 4.78 is 5.38. The number of nitrogens with zero attached hydrogens (tertiary/aromatic N) is 2. The molecule has 0 amide bonds. The van der Waals surface area contributed by atoms with Gasteiger partial charge in [0.1, 0.15) is 0 Å². The predicted molar refractivity (Wildman–Crippen MR) is 88.4 cm³/mol. The minimum Gasteiger partial charge on any atom is -0.385 e. The summed E-state index contributed by atoms with van der Waals surface area (Å²) in [6.07, 6.45) is 3.67. The smallest absolute Gasteiger partial charge is 0.0594 e. The number of nitrogens with one attached hydrogen (secondary N) is 1. The van der Waals surface area contributed by atoms with Gasteiger partial charge in [-0.3, -0.25) is 4.90 Å². The van der Waals surface area contributed by atoms with Gasteiger partial charge in [-0.05, 0) is 49.6 Å². The highest BCUT2D eigenvalue weighted by molar-refractivity contribution is 5.62. The van der Waals surface area contributed by atoms with Crippen molar-refractivity contribution >= 4 is 11.4 Å². The Bertz CT molecular complexity index is 457. The lowest BCUT2D eigenvalue weighted by atomic mass is 10.0. The number of anilines is 2. The summed E-state index contributed by atoms with van der Waals surface area (Å²) in [5, 5.41) is 3.57. The summed E-state index contributed by atoms with van der Waals surface area (Å²) in [7, 11) is 2.19. The molecule has 1 aromatic rings. The molecule has 0 aliphatic carbocycles. The Morgan fingerprint density at radius 2 is 2.05 bits per heavy atom. The van der Waals surface area contributed by atoms with E-state index < -0.39 is 0 Å². The first-order valence-electron chi connectivity index (χ1n) is 8.21. The summed E-state index contributed by atoms with van der Waals surface area (Å²) in [5.41, 5.74) is 4.16. The molecular formula is C17H27N3O. The Balaban J connectivity index is 1.45. The van der Waals surface area contributed by atoms with Crippen molar-refractivity contribution in [3.05, 3.63) is 23.8 Å². The Morgan fingerprint density at radius 1 is 1.19 bits per heavy atom. The highest BCUT2D eigenvalue weighted by atomic mass is 16.5. The molecule has 1 fully saturated rings. The first-order valence-corrected chi connectivity index (χ1v) is 8.21. The number of benzene rings is 1. The number of aryl methyl sites for hydroxylation is 1. The number of fused-ring (bicyclic) bond motifs is 1. The molecule has 3 rings (SSSR count). The average Bonchev–Trinajstić information content (AvgIpc) is 2.53. The van der Waals surface area contributed by atoms with E-state index in [-0.39, 0.29) is 0 Å². The van der Waals surface area contributed by atoms with Crippen LogP contribution in [0.1, 0.15) is 18.4 Å². The largest absolute Gasteiger partial charge is 0.385 e. The molecule has 0 spiro atoms. The van der Waals surface area contributed by atoms with Gasteiger partial charge in [-0.2, -0.15) is 0 Å². The molecule has 0 unspecified atom stereocenters. The highest BCUT2D eigenvalue weighted by Gasteiger charge is 2.13. The number of morpholine rings is 1. The highest BCUT2D eigenvalue weighted by Crippen LogP contribution is 2.28. The second kappa shape index (κ2) is 7.14. The van der Waals surface area contributed by atoms with Crippen LogP contribution < -0.4 is 10.2 Å². The molecule has 116 valence electrons. The maximum atomic E-state index is 5.38. The lowest BCUT2D eigenvalue weighted by molar-refractivity contribution is 0.0378. The lowest BCUT2D eigenvalue weighted by Gasteiger charge is -2.28. The molecule has 21 heavy (non-hydrogen) atoms. The minimum atomic E-state index is 0.895. The molecular weight excluding hydrogens is 262 g/mol. The fourth-order valence-corrected chi connectivity index (χ4v) is 3.26. The van der Waals surface area contributed by atoms with Crippen molar-refractivity contribution in [2.24, 2.45) is 0 Å². The van der Waals surface area contributed by atoms with Crippen LogP contribution in [0.3, 0.4) is 0 Å². The van der Waals surface area contributed by atoms with Gasteiger partial charge >= 0.3 is 0 Å². The molecule has 1 aromatic carbocycles. The van der Waals surface area contributed by atoms with E-state index in [4.69, 9.17) is 4.74 Å². The van der Waals surface area contributed by atoms with E-state index in [0.717, 1.165) is 32.8 Å². The summed E-state index contributed by atoms with van der Waals surface area (Å²) in [4.78, 5) is 4.86. The van der Waals surface area contributed by atoms with E-state index in [1.54, 1.807) is 0 Å². The van der Waals surface area contributed by atoms with Gasteiger partial charge in [0, 0.05) is 44.6 Å². The fraction of sp³-hybridized carbons (Fsp3) is 0.647. The molecule has 4 heteroatoms. The van der Waals surface area contributed by atoms with Gasteiger partial charge < -0.3 is 15.0 Å². The topological polar surface area (TPSA) is 27.7 Å². The molecule has 2 aliphatic rings. The van der Waals surface area contributed by atoms with Crippen LogP contribution in [-0.4, -0.2) is 57.9 Å². The van der Waals surface area contributed by atoms with Gasteiger partial charge in [0.2, 0.25) is 0 Å². The van der Waals surface area contributed by atoms with Crippen molar-refractivity contribution in [3.63, 3.8) is 0 Å². The monoisotopic (exact) mass is 289 g/mol. The number of ether oxygens (including phenoxy) is 1. The van der Waals surface area contributed by atoms with Gasteiger partial charge in [0.15, 0.2) is 0 Å². The van der Waals surface area contributed by atoms with Crippen LogP contribution >= 0.6 is 0 Å². The van der Waals surface area contributed by atoms with Gasteiger partial charge in [-0.15, -0.1) is 0 Å². The van der Waals surface area contributed by atoms with Gasteiger partial charge in [0.25, 0.3) is 0 Å². The molecule has 2 aliphatic heterocycles. The molecule has 0 saturated carbocycles. The minimum absolute atomic E-state index is 0.895. The van der Waals surface area contributed by atoms with E-state index in [1.807, 2.05) is 0 Å². The SMILES string of the molecule is CN1CCCc2cc(NCCCN3CCOCC3)ccc21. The lowest BCUT2D eigenvalue weighted by Crippen LogP contribution is -2.37. The predicted octanol–water partition coefficient (Wildman–Crippen LogP) is 2.20. The molecule has 0 atom stereocenters. The summed E-state index contributed by atoms with van der Waals surface area (Å²) in [5.74, 6) is 0. The van der Waals surface area contributed by atoms with E-state index in [9.17, 15) is 0 Å². The third-order valence-corrected chi connectivity index (χ3v) is 4.51. The van der Waals surface area contributed by atoms with Gasteiger partial charge in [-0.25, -0.2) is 0 Å². The summed E-state index contributed by atoms with van der Waals surface area (Å²) in [6, 6.07) is 6.81. The third kappa shape index (κ3) is 3.89. The summed E-state index contributed by atoms with van der Waals surface area (Å²) >= 11 is 0. The molecule has 2 heterocycles. The van der Waals surface area contributed by atoms with Crippen LogP contribution in [0.4, 0.5) is 11.4 Å². The zero-order chi connectivity index (χ0) is 14.5. The van der Waals surface area contributed by atoms with E-state index in [2.05, 4.69) is 40.4 Å². The van der Waals surface area contributed by atoms with Crippen LogP contribution in [0.2, 0.25) is 0 Å². The zero-order valence-corrected chi connectivity index (χ0v) is 13.1. The van der Waals surface area contributed by atoms with Crippen LogP contribution in [0, 0.1) is 0 Å². The second-order valence-corrected chi connectivity index (χ2v) is 6.10. The van der Waals surface area contributed by atoms with E-state index in [1.165, 1.54) is 49.3 Å². The summed E-state index contributed by atoms with van der Waals surface area (Å²) in [6.45, 7) is 7.36. The van der Waals surface area contributed by atoms with Crippen LogP contribution in [0.25, 0.3) is 0 Å². The van der Waals surface area contributed by atoms with E-state index in [0.29, 0.717) is 0 Å². The van der Waals surface area contributed by atoms with Crippen LogP contribution in [0.5, 0.6) is 0 Å². The number of hydrogen-bond acceptors (Lipinski definition) is 4. The Kier molecular flexibility index (Phi) is 4.99. The maximum absolute atomic E-state index is 5.38. The van der Waals surface area contributed by atoms with Crippen LogP contribution in [0.15, 0.2) is 18.2 Å². The molecule has 1 N–H and O–H groups in total. The number of hydrogen-bond donors (Lipinski definition) is 1. The van der Waals surface area contributed by atoms with Gasteiger partial charge in [0.05, 0.1) is 13.2 Å². The molecule has 1 saturated heterocycles. The van der Waals surface area contributed by atoms with Crippen molar-refractivity contribution in [2.75, 3.05) is 63.2 Å². The second-order valence-electron chi connectivity index (χ2n) is 6.10. The van der Waals surface area contributed by atoms with Crippen molar-refractivity contribution < 1.29 is 4.74 Å². The van der Waals surface area contributed by atoms with E-state index >= 15 is 0 Å². The quantitative estimate of drug-likeness (QED) is 0.841. The van der Waals surface area contributed by atoms with Crippen molar-refractivity contribution in [1.29, 1.82) is 0 Å². The van der Waals surface area contributed by atoms with Crippen molar-refractivity contribution in [1.82, 2.24) is 4.90 Å². The standard InChI is InChI=1S/C17H27N3O/c1-19-8-2-4-15-14-16(5-6-17(15)19)18-7-3-9-20-10-12-21-13-11-20/h5-6,14,18H,2-4,7-13H2,1H3. The first kappa shape index (κ1) is 14.7. The normalized spacial score (nSPS) is 19.4. The number of rotatable bonds is 5. The van der Waals surface area contributed by atoms with Crippen LogP contribution in [-0.2, 0) is 11.2 Å². The molecule has 0 bridgehead atoms. The average molecular weight is 289 g/mol. The Morgan fingerprint density at radius 3 is 2.90 bits per heavy atom. The first-order chi connectivity index (χ1) is 10.3. The fourth-order valence-electron chi connectivity index (χ4n) is 3.26. The molecule has 4 nitrogen and oxygen atoms in total. The Hall–Kier alpha value is -1.26. The van der Waals surface area contributed by atoms with Gasteiger partial charge in [-0.1, -0.05) is 0 Å². The Labute approximate surface area is 128 Å². The zero-order valence-electron chi connectivity index (χ0n) is 13.1. The maximum Gasteiger partial charge on any atom is 0.0594 e. The van der Waals surface area contributed by atoms with Crippen molar-refractivity contribution in [3.8, 4) is 0 Å². The molecule has 0 aromatic heterocycles. The molecule has 0 radical (unpaired) electrons. The third-order valence-electron chi connectivity index (χ3n) is 4.51.